The number of halogens is 1. The van der Waals surface area contributed by atoms with Crippen LogP contribution in [0.1, 0.15) is 41.7 Å². The zero-order valence-electron chi connectivity index (χ0n) is 16.6. The highest BCUT2D eigenvalue weighted by Crippen LogP contribution is 2.45. The van der Waals surface area contributed by atoms with E-state index < -0.39 is 5.97 Å². The molecule has 1 fully saturated rings. The molecule has 0 radical (unpaired) electrons. The lowest BCUT2D eigenvalue weighted by Gasteiger charge is -2.30. The van der Waals surface area contributed by atoms with Crippen molar-refractivity contribution < 1.29 is 23.4 Å². The lowest BCUT2D eigenvalue weighted by atomic mass is 10.0. The Labute approximate surface area is 172 Å². The maximum atomic E-state index is 14.3. The standard InChI is InChI=1S/C22H22FN3O4/c1-2-28-22(27)17-13-24-26-7-5-15(12-19(17)26)25-6-3-4-18(25)16-10-14(23)11-20-21(16)30-9-8-29-20/h5,7,10-13,18H,2-4,6,8-9H2,1H3. The van der Waals surface area contributed by atoms with E-state index in [0.717, 1.165) is 30.6 Å². The SMILES string of the molecule is CCOC(=O)c1cnn2ccc(N3CCCC3c3cc(F)cc4c3OCCO4)cc12. The summed E-state index contributed by atoms with van der Waals surface area (Å²) in [5.74, 6) is 0.348. The largest absolute Gasteiger partial charge is 0.486 e. The summed E-state index contributed by atoms with van der Waals surface area (Å²) in [5, 5.41) is 4.25. The molecule has 4 heterocycles. The van der Waals surface area contributed by atoms with E-state index in [-0.39, 0.29) is 11.9 Å². The van der Waals surface area contributed by atoms with Gasteiger partial charge in [0.2, 0.25) is 0 Å². The molecule has 1 aromatic carbocycles. The first-order chi connectivity index (χ1) is 14.7. The maximum Gasteiger partial charge on any atom is 0.341 e. The van der Waals surface area contributed by atoms with Gasteiger partial charge in [-0.3, -0.25) is 0 Å². The molecule has 30 heavy (non-hydrogen) atoms. The third-order valence-electron chi connectivity index (χ3n) is 5.58. The summed E-state index contributed by atoms with van der Waals surface area (Å²) >= 11 is 0. The summed E-state index contributed by atoms with van der Waals surface area (Å²) in [4.78, 5) is 14.5. The predicted octanol–water partition coefficient (Wildman–Crippen LogP) is 3.76. The number of esters is 1. The topological polar surface area (TPSA) is 65.3 Å². The first kappa shape index (κ1) is 18.7. The molecule has 1 atom stereocenters. The molecule has 1 saturated heterocycles. The van der Waals surface area contributed by atoms with Crippen LogP contribution >= 0.6 is 0 Å². The third kappa shape index (κ3) is 3.12. The van der Waals surface area contributed by atoms with Crippen LogP contribution in [-0.4, -0.2) is 41.9 Å². The summed E-state index contributed by atoms with van der Waals surface area (Å²) in [5.41, 5.74) is 2.83. The minimum Gasteiger partial charge on any atom is -0.486 e. The van der Waals surface area contributed by atoms with Crippen LogP contribution in [-0.2, 0) is 4.74 Å². The van der Waals surface area contributed by atoms with Crippen LogP contribution in [0.4, 0.5) is 10.1 Å². The Balaban J connectivity index is 1.54. The molecule has 5 rings (SSSR count). The molecule has 2 aliphatic rings. The average molecular weight is 411 g/mol. The highest BCUT2D eigenvalue weighted by molar-refractivity contribution is 5.97. The van der Waals surface area contributed by atoms with Crippen molar-refractivity contribution in [3.8, 4) is 11.5 Å². The predicted molar refractivity (Wildman–Crippen MR) is 108 cm³/mol. The van der Waals surface area contributed by atoms with Gasteiger partial charge in [0.25, 0.3) is 0 Å². The van der Waals surface area contributed by atoms with Crippen molar-refractivity contribution in [2.45, 2.75) is 25.8 Å². The smallest absolute Gasteiger partial charge is 0.341 e. The Hall–Kier alpha value is -3.29. The summed E-state index contributed by atoms with van der Waals surface area (Å²) < 4.78 is 32.6. The van der Waals surface area contributed by atoms with Crippen LogP contribution in [0.3, 0.4) is 0 Å². The van der Waals surface area contributed by atoms with Gasteiger partial charge >= 0.3 is 5.97 Å². The highest BCUT2D eigenvalue weighted by Gasteiger charge is 2.32. The van der Waals surface area contributed by atoms with Crippen LogP contribution in [0.25, 0.3) is 5.52 Å². The number of benzene rings is 1. The fraction of sp³-hybridized carbons (Fsp3) is 0.364. The van der Waals surface area contributed by atoms with E-state index in [1.54, 1.807) is 11.4 Å². The van der Waals surface area contributed by atoms with Crippen molar-refractivity contribution in [3.63, 3.8) is 0 Å². The molecule has 0 N–H and O–H groups in total. The normalized spacial score (nSPS) is 18.1. The molecule has 3 aromatic rings. The first-order valence-corrected chi connectivity index (χ1v) is 10.2. The Kier molecular flexibility index (Phi) is 4.69. The van der Waals surface area contributed by atoms with Gasteiger partial charge in [-0.15, -0.1) is 0 Å². The second-order valence-electron chi connectivity index (χ2n) is 7.36. The number of anilines is 1. The first-order valence-electron chi connectivity index (χ1n) is 10.2. The van der Waals surface area contributed by atoms with Gasteiger partial charge in [0.15, 0.2) is 11.5 Å². The van der Waals surface area contributed by atoms with E-state index in [1.165, 1.54) is 18.3 Å². The molecular formula is C22H22FN3O4. The Morgan fingerprint density at radius 3 is 3.03 bits per heavy atom. The Morgan fingerprint density at radius 2 is 2.17 bits per heavy atom. The zero-order chi connectivity index (χ0) is 20.7. The van der Waals surface area contributed by atoms with Gasteiger partial charge in [0.05, 0.1) is 24.4 Å². The van der Waals surface area contributed by atoms with E-state index in [9.17, 15) is 9.18 Å². The van der Waals surface area contributed by atoms with Gasteiger partial charge in [-0.05, 0) is 38.0 Å². The van der Waals surface area contributed by atoms with Crippen molar-refractivity contribution >= 4 is 17.2 Å². The molecule has 0 aliphatic carbocycles. The van der Waals surface area contributed by atoms with E-state index in [1.807, 2.05) is 18.3 Å². The van der Waals surface area contributed by atoms with Crippen molar-refractivity contribution in [2.75, 3.05) is 31.3 Å². The van der Waals surface area contributed by atoms with Crippen LogP contribution in [0.15, 0.2) is 36.7 Å². The van der Waals surface area contributed by atoms with Crippen LogP contribution in [0.2, 0.25) is 0 Å². The van der Waals surface area contributed by atoms with Gasteiger partial charge in [-0.1, -0.05) is 0 Å². The van der Waals surface area contributed by atoms with Crippen LogP contribution in [0.5, 0.6) is 11.5 Å². The summed E-state index contributed by atoms with van der Waals surface area (Å²) in [6.07, 6.45) is 5.18. The Bertz CT molecular complexity index is 1110. The molecule has 8 heteroatoms. The number of carbonyl (C=O) groups is 1. The molecule has 1 unspecified atom stereocenters. The van der Waals surface area contributed by atoms with Gasteiger partial charge < -0.3 is 19.1 Å². The molecule has 0 saturated carbocycles. The van der Waals surface area contributed by atoms with E-state index in [0.29, 0.717) is 42.4 Å². The summed E-state index contributed by atoms with van der Waals surface area (Å²) in [7, 11) is 0. The quantitative estimate of drug-likeness (QED) is 0.609. The molecule has 2 aliphatic heterocycles. The summed E-state index contributed by atoms with van der Waals surface area (Å²) in [6.45, 7) is 3.75. The zero-order valence-corrected chi connectivity index (χ0v) is 16.6. The molecule has 2 aromatic heterocycles. The number of aromatic nitrogens is 2. The van der Waals surface area contributed by atoms with Crippen molar-refractivity contribution in [3.05, 3.63) is 53.6 Å². The van der Waals surface area contributed by atoms with E-state index in [2.05, 4.69) is 10.00 Å². The third-order valence-corrected chi connectivity index (χ3v) is 5.58. The number of nitrogens with zero attached hydrogens (tertiary/aromatic N) is 3. The van der Waals surface area contributed by atoms with E-state index >= 15 is 0 Å². The number of ether oxygens (including phenoxy) is 3. The number of hydrogen-bond donors (Lipinski definition) is 0. The molecular weight excluding hydrogens is 389 g/mol. The highest BCUT2D eigenvalue weighted by atomic mass is 19.1. The maximum absolute atomic E-state index is 14.3. The Morgan fingerprint density at radius 1 is 1.30 bits per heavy atom. The molecule has 0 bridgehead atoms. The number of carbonyl (C=O) groups excluding carboxylic acids is 1. The molecule has 7 nitrogen and oxygen atoms in total. The fourth-order valence-electron chi connectivity index (χ4n) is 4.31. The molecule has 0 amide bonds. The van der Waals surface area contributed by atoms with Gasteiger partial charge in [-0.25, -0.2) is 13.7 Å². The average Bonchev–Trinajstić information content (AvgIpc) is 3.40. The van der Waals surface area contributed by atoms with Crippen LogP contribution < -0.4 is 14.4 Å². The van der Waals surface area contributed by atoms with Crippen LogP contribution in [0, 0.1) is 5.82 Å². The number of rotatable bonds is 4. The number of pyridine rings is 1. The fourth-order valence-corrected chi connectivity index (χ4v) is 4.31. The van der Waals surface area contributed by atoms with Gasteiger partial charge in [0.1, 0.15) is 24.6 Å². The second-order valence-corrected chi connectivity index (χ2v) is 7.36. The lowest BCUT2D eigenvalue weighted by molar-refractivity contribution is 0.0528. The second kappa shape index (κ2) is 7.51. The van der Waals surface area contributed by atoms with E-state index in [4.69, 9.17) is 14.2 Å². The number of fused-ring (bicyclic) bond motifs is 2. The minimum atomic E-state index is -0.396. The van der Waals surface area contributed by atoms with Gasteiger partial charge in [-0.2, -0.15) is 5.10 Å². The van der Waals surface area contributed by atoms with Crippen molar-refractivity contribution in [2.24, 2.45) is 0 Å². The molecule has 0 spiro atoms. The monoisotopic (exact) mass is 411 g/mol. The summed E-state index contributed by atoms with van der Waals surface area (Å²) in [6, 6.07) is 6.75. The lowest BCUT2D eigenvalue weighted by Crippen LogP contribution is -2.25. The van der Waals surface area contributed by atoms with Crippen molar-refractivity contribution in [1.82, 2.24) is 9.61 Å². The molecule has 156 valence electrons. The number of hydrogen-bond acceptors (Lipinski definition) is 6. The van der Waals surface area contributed by atoms with Crippen molar-refractivity contribution in [1.29, 1.82) is 0 Å². The van der Waals surface area contributed by atoms with Gasteiger partial charge in [0, 0.05) is 30.1 Å². The minimum absolute atomic E-state index is 0.0486.